The lowest BCUT2D eigenvalue weighted by Gasteiger charge is -2.32. The van der Waals surface area contributed by atoms with Crippen molar-refractivity contribution in [2.24, 2.45) is 0 Å². The van der Waals surface area contributed by atoms with Crippen LogP contribution in [0.3, 0.4) is 0 Å². The molecular formula is C30H32FN3O4S. The van der Waals surface area contributed by atoms with E-state index in [1.165, 1.54) is 34.9 Å². The van der Waals surface area contributed by atoms with Gasteiger partial charge in [0.1, 0.15) is 11.9 Å². The van der Waals surface area contributed by atoms with Gasteiger partial charge in [0.25, 0.3) is 5.69 Å². The standard InChI is InChI=1S/C30H32FN3O4S/c31-27-13-7-4-10-24(27)19-33(29(35)21-39-20-23-14-16-26(17-15-23)34(37)38)28(18-22-8-2-1-3-9-22)30(36)32-25-11-5-6-12-25/h1-4,7-10,13-17,25,28H,5-6,11-12,18-21H2,(H,32,36)/t28-/m0/s1. The number of amides is 2. The van der Waals surface area contributed by atoms with Crippen molar-refractivity contribution < 1.29 is 18.9 Å². The molecule has 0 bridgehead atoms. The molecule has 1 atom stereocenters. The molecule has 1 N–H and O–H groups in total. The van der Waals surface area contributed by atoms with Crippen LogP contribution in [0.25, 0.3) is 0 Å². The molecule has 3 aromatic rings. The first kappa shape index (κ1) is 28.3. The van der Waals surface area contributed by atoms with E-state index in [1.807, 2.05) is 30.3 Å². The summed E-state index contributed by atoms with van der Waals surface area (Å²) >= 11 is 1.35. The van der Waals surface area contributed by atoms with Crippen LogP contribution in [0.1, 0.15) is 42.4 Å². The first-order valence-corrected chi connectivity index (χ1v) is 14.2. The van der Waals surface area contributed by atoms with E-state index in [-0.39, 0.29) is 35.8 Å². The Kier molecular flexibility index (Phi) is 10.1. The number of halogens is 1. The number of thioether (sulfide) groups is 1. The fourth-order valence-electron chi connectivity index (χ4n) is 4.78. The van der Waals surface area contributed by atoms with Gasteiger partial charge >= 0.3 is 0 Å². The molecule has 39 heavy (non-hydrogen) atoms. The van der Waals surface area contributed by atoms with E-state index in [9.17, 15) is 24.1 Å². The Bertz CT molecular complexity index is 1270. The lowest BCUT2D eigenvalue weighted by molar-refractivity contribution is -0.384. The van der Waals surface area contributed by atoms with E-state index in [0.717, 1.165) is 36.8 Å². The zero-order chi connectivity index (χ0) is 27.6. The van der Waals surface area contributed by atoms with Crippen molar-refractivity contribution in [1.29, 1.82) is 0 Å². The molecule has 1 aliphatic carbocycles. The van der Waals surface area contributed by atoms with Crippen LogP contribution in [0.2, 0.25) is 0 Å². The summed E-state index contributed by atoms with van der Waals surface area (Å²) in [5.74, 6) is -0.380. The molecule has 0 aromatic heterocycles. The number of carbonyl (C=O) groups excluding carboxylic acids is 2. The number of carbonyl (C=O) groups is 2. The summed E-state index contributed by atoms with van der Waals surface area (Å²) in [6, 6.07) is 21.3. The number of nitrogens with one attached hydrogen (secondary N) is 1. The maximum absolute atomic E-state index is 14.7. The third kappa shape index (κ3) is 8.13. The molecular weight excluding hydrogens is 517 g/mol. The molecule has 0 unspecified atom stereocenters. The van der Waals surface area contributed by atoms with Crippen LogP contribution in [0.4, 0.5) is 10.1 Å². The number of hydrogen-bond acceptors (Lipinski definition) is 5. The Morgan fingerprint density at radius 1 is 0.974 bits per heavy atom. The van der Waals surface area contributed by atoms with E-state index in [1.54, 1.807) is 30.3 Å². The van der Waals surface area contributed by atoms with Crippen molar-refractivity contribution in [3.8, 4) is 0 Å². The van der Waals surface area contributed by atoms with Crippen molar-refractivity contribution in [2.45, 2.75) is 56.5 Å². The highest BCUT2D eigenvalue weighted by Gasteiger charge is 2.32. The number of nitrogens with zero attached hydrogens (tertiary/aromatic N) is 2. The molecule has 1 fully saturated rings. The number of nitro groups is 1. The third-order valence-corrected chi connectivity index (χ3v) is 7.90. The second-order valence-corrected chi connectivity index (χ2v) is 10.7. The van der Waals surface area contributed by atoms with Crippen LogP contribution in [0, 0.1) is 15.9 Å². The molecule has 2 amide bonds. The molecule has 1 aliphatic rings. The number of hydrogen-bond donors (Lipinski definition) is 1. The maximum Gasteiger partial charge on any atom is 0.269 e. The van der Waals surface area contributed by atoms with Crippen LogP contribution in [0.5, 0.6) is 0 Å². The fraction of sp³-hybridized carbons (Fsp3) is 0.333. The summed E-state index contributed by atoms with van der Waals surface area (Å²) in [5, 5.41) is 14.1. The van der Waals surface area contributed by atoms with Crippen molar-refractivity contribution in [3.63, 3.8) is 0 Å². The lowest BCUT2D eigenvalue weighted by Crippen LogP contribution is -2.52. The SMILES string of the molecule is O=C(NC1CCCC1)[C@H](Cc1ccccc1)N(Cc1ccccc1F)C(=O)CSCc1ccc([N+](=O)[O-])cc1. The summed E-state index contributed by atoms with van der Waals surface area (Å²) in [4.78, 5) is 39.3. The average molecular weight is 550 g/mol. The quantitative estimate of drug-likeness (QED) is 0.232. The number of nitro benzene ring substituents is 1. The van der Waals surface area contributed by atoms with Gasteiger partial charge in [-0.15, -0.1) is 11.8 Å². The molecule has 9 heteroatoms. The molecule has 0 spiro atoms. The summed E-state index contributed by atoms with van der Waals surface area (Å²) < 4.78 is 14.7. The van der Waals surface area contributed by atoms with Gasteiger partial charge in [-0.3, -0.25) is 19.7 Å². The van der Waals surface area contributed by atoms with Crippen LogP contribution in [0.15, 0.2) is 78.9 Å². The monoisotopic (exact) mass is 549 g/mol. The van der Waals surface area contributed by atoms with Crippen molar-refractivity contribution in [2.75, 3.05) is 5.75 Å². The molecule has 0 radical (unpaired) electrons. The Hall–Kier alpha value is -3.72. The van der Waals surface area contributed by atoms with Crippen LogP contribution in [-0.4, -0.2) is 39.5 Å². The van der Waals surface area contributed by atoms with Crippen LogP contribution < -0.4 is 5.32 Å². The van der Waals surface area contributed by atoms with Gasteiger partial charge < -0.3 is 10.2 Å². The number of rotatable bonds is 12. The smallest absolute Gasteiger partial charge is 0.269 e. The minimum absolute atomic E-state index is 0.00733. The highest BCUT2D eigenvalue weighted by Crippen LogP contribution is 2.22. The van der Waals surface area contributed by atoms with E-state index in [0.29, 0.717) is 17.7 Å². The van der Waals surface area contributed by atoms with Crippen LogP contribution in [-0.2, 0) is 28.3 Å². The minimum Gasteiger partial charge on any atom is -0.352 e. The van der Waals surface area contributed by atoms with Gasteiger partial charge in [-0.1, -0.05) is 73.5 Å². The predicted octanol–water partition coefficient (Wildman–Crippen LogP) is 5.67. The highest BCUT2D eigenvalue weighted by molar-refractivity contribution is 7.99. The fourth-order valence-corrected chi connectivity index (χ4v) is 5.66. The summed E-state index contributed by atoms with van der Waals surface area (Å²) in [5.41, 5.74) is 2.11. The Balaban J connectivity index is 1.55. The van der Waals surface area contributed by atoms with Crippen molar-refractivity contribution in [1.82, 2.24) is 10.2 Å². The van der Waals surface area contributed by atoms with Gasteiger partial charge in [0.2, 0.25) is 11.8 Å². The second kappa shape index (κ2) is 13.9. The summed E-state index contributed by atoms with van der Waals surface area (Å²) in [6.45, 7) is -0.0286. The van der Waals surface area contributed by atoms with Crippen molar-refractivity contribution in [3.05, 3.63) is 111 Å². The first-order valence-electron chi connectivity index (χ1n) is 13.1. The Morgan fingerprint density at radius 2 is 1.64 bits per heavy atom. The molecule has 0 aliphatic heterocycles. The Labute approximate surface area is 231 Å². The van der Waals surface area contributed by atoms with Gasteiger partial charge in [0.05, 0.1) is 10.7 Å². The van der Waals surface area contributed by atoms with E-state index < -0.39 is 16.8 Å². The molecule has 0 saturated heterocycles. The van der Waals surface area contributed by atoms with Gasteiger partial charge in [0.15, 0.2) is 0 Å². The van der Waals surface area contributed by atoms with Crippen molar-refractivity contribution >= 4 is 29.3 Å². The van der Waals surface area contributed by atoms with Gasteiger partial charge in [-0.2, -0.15) is 0 Å². The first-order chi connectivity index (χ1) is 18.9. The van der Waals surface area contributed by atoms with Gasteiger partial charge in [-0.25, -0.2) is 4.39 Å². The molecule has 1 saturated carbocycles. The molecule has 204 valence electrons. The average Bonchev–Trinajstić information content (AvgIpc) is 3.45. The molecule has 7 nitrogen and oxygen atoms in total. The normalized spacial score (nSPS) is 14.1. The van der Waals surface area contributed by atoms with E-state index in [4.69, 9.17) is 0 Å². The lowest BCUT2D eigenvalue weighted by atomic mass is 10.0. The highest BCUT2D eigenvalue weighted by atomic mass is 32.2. The zero-order valence-electron chi connectivity index (χ0n) is 21.6. The summed E-state index contributed by atoms with van der Waals surface area (Å²) in [7, 11) is 0. The van der Waals surface area contributed by atoms with E-state index >= 15 is 0 Å². The van der Waals surface area contributed by atoms with E-state index in [2.05, 4.69) is 5.32 Å². The molecule has 0 heterocycles. The maximum atomic E-state index is 14.7. The number of benzene rings is 3. The predicted molar refractivity (Wildman–Crippen MR) is 151 cm³/mol. The van der Waals surface area contributed by atoms with Crippen LogP contribution >= 0.6 is 11.8 Å². The minimum atomic E-state index is -0.805. The van der Waals surface area contributed by atoms with Gasteiger partial charge in [0, 0.05) is 42.5 Å². The topological polar surface area (TPSA) is 92.6 Å². The zero-order valence-corrected chi connectivity index (χ0v) is 22.4. The largest absolute Gasteiger partial charge is 0.352 e. The molecule has 3 aromatic carbocycles. The number of non-ortho nitro benzene ring substituents is 1. The second-order valence-electron chi connectivity index (χ2n) is 9.72. The van der Waals surface area contributed by atoms with Gasteiger partial charge in [-0.05, 0) is 30.0 Å². The third-order valence-electron chi connectivity index (χ3n) is 6.91. The Morgan fingerprint density at radius 3 is 2.31 bits per heavy atom. The molecule has 4 rings (SSSR count). The summed E-state index contributed by atoms with van der Waals surface area (Å²) in [6.07, 6.45) is 4.26.